The first kappa shape index (κ1) is 15.5. The molecule has 0 amide bonds. The van der Waals surface area contributed by atoms with Crippen molar-refractivity contribution in [2.75, 3.05) is 12.9 Å². The van der Waals surface area contributed by atoms with E-state index in [1.165, 1.54) is 43.2 Å². The predicted octanol–water partition coefficient (Wildman–Crippen LogP) is 3.64. The summed E-state index contributed by atoms with van der Waals surface area (Å²) < 4.78 is 26.4. The molecule has 20 heavy (non-hydrogen) atoms. The van der Waals surface area contributed by atoms with Gasteiger partial charge in [0, 0.05) is 0 Å². The molecule has 0 heterocycles. The minimum absolute atomic E-state index is 0.267. The molecule has 2 rings (SSSR count). The molecule has 1 saturated carbocycles. The summed E-state index contributed by atoms with van der Waals surface area (Å²) in [4.78, 5) is 0. The highest BCUT2D eigenvalue weighted by Crippen LogP contribution is 2.32. The highest BCUT2D eigenvalue weighted by molar-refractivity contribution is 7.85. The summed E-state index contributed by atoms with van der Waals surface area (Å²) in [7, 11) is -3.30. The van der Waals surface area contributed by atoms with Crippen molar-refractivity contribution in [3.8, 4) is 0 Å². The van der Waals surface area contributed by atoms with E-state index in [1.807, 2.05) is 0 Å². The van der Waals surface area contributed by atoms with Gasteiger partial charge in [-0.25, -0.2) is 0 Å². The second-order valence-corrected chi connectivity index (χ2v) is 7.35. The van der Waals surface area contributed by atoms with Crippen molar-refractivity contribution in [3.05, 3.63) is 35.4 Å². The smallest absolute Gasteiger partial charge is 0.264 e. The highest BCUT2D eigenvalue weighted by Gasteiger charge is 2.14. The summed E-state index contributed by atoms with van der Waals surface area (Å²) in [5.74, 6) is 0.742. The van der Waals surface area contributed by atoms with E-state index >= 15 is 0 Å². The first-order valence-corrected chi connectivity index (χ1v) is 9.29. The molecular formula is C16H24O3S. The summed E-state index contributed by atoms with van der Waals surface area (Å²) in [5, 5.41) is 0. The molecule has 3 nitrogen and oxygen atoms in total. The molecule has 112 valence electrons. The second kappa shape index (κ2) is 7.23. The van der Waals surface area contributed by atoms with E-state index in [4.69, 9.17) is 4.18 Å². The van der Waals surface area contributed by atoms with E-state index < -0.39 is 10.1 Å². The van der Waals surface area contributed by atoms with Crippen LogP contribution in [0.4, 0.5) is 0 Å². The average molecular weight is 296 g/mol. The van der Waals surface area contributed by atoms with E-state index in [0.29, 0.717) is 0 Å². The second-order valence-electron chi connectivity index (χ2n) is 5.71. The van der Waals surface area contributed by atoms with Gasteiger partial charge in [0.2, 0.25) is 0 Å². The Hall–Kier alpha value is -0.870. The molecule has 0 N–H and O–H groups in total. The molecule has 0 atom stereocenters. The first-order valence-electron chi connectivity index (χ1n) is 7.48. The van der Waals surface area contributed by atoms with Crippen molar-refractivity contribution >= 4 is 10.1 Å². The summed E-state index contributed by atoms with van der Waals surface area (Å²) in [5.41, 5.74) is 2.71. The highest BCUT2D eigenvalue weighted by atomic mass is 32.2. The van der Waals surface area contributed by atoms with Crippen molar-refractivity contribution < 1.29 is 12.6 Å². The minimum Gasteiger partial charge on any atom is -0.270 e. The maximum Gasteiger partial charge on any atom is 0.264 e. The van der Waals surface area contributed by atoms with Gasteiger partial charge in [-0.1, -0.05) is 43.5 Å². The lowest BCUT2D eigenvalue weighted by atomic mass is 9.84. The predicted molar refractivity (Wildman–Crippen MR) is 81.4 cm³/mol. The number of hydrogen-bond acceptors (Lipinski definition) is 3. The van der Waals surface area contributed by atoms with Crippen molar-refractivity contribution in [1.29, 1.82) is 0 Å². The van der Waals surface area contributed by atoms with Crippen LogP contribution in [0.2, 0.25) is 0 Å². The molecule has 0 aliphatic heterocycles. The third kappa shape index (κ3) is 5.25. The molecule has 0 unspecified atom stereocenters. The Bertz CT molecular complexity index is 499. The van der Waals surface area contributed by atoms with Gasteiger partial charge in [0.05, 0.1) is 12.9 Å². The first-order chi connectivity index (χ1) is 9.54. The Morgan fingerprint density at radius 2 is 1.75 bits per heavy atom. The fourth-order valence-corrected chi connectivity index (χ4v) is 3.30. The summed E-state index contributed by atoms with van der Waals surface area (Å²) >= 11 is 0. The lowest BCUT2D eigenvalue weighted by molar-refractivity contribution is 0.316. The van der Waals surface area contributed by atoms with Crippen LogP contribution in [0, 0.1) is 0 Å². The van der Waals surface area contributed by atoms with Crippen LogP contribution in [0.3, 0.4) is 0 Å². The standard InChI is InChI=1S/C16H24O3S/c1-20(17,18)19-13-5-6-14-9-11-16(12-10-14)15-7-3-2-4-8-15/h9-12,15H,2-8,13H2,1H3. The topological polar surface area (TPSA) is 43.4 Å². The van der Waals surface area contributed by atoms with E-state index in [0.717, 1.165) is 25.0 Å². The molecule has 4 heteroatoms. The molecular weight excluding hydrogens is 272 g/mol. The summed E-state index contributed by atoms with van der Waals surface area (Å²) in [6.45, 7) is 0.267. The summed E-state index contributed by atoms with van der Waals surface area (Å²) in [6.07, 6.45) is 9.42. The van der Waals surface area contributed by atoms with E-state index in [-0.39, 0.29) is 6.61 Å². The number of benzene rings is 1. The molecule has 0 saturated heterocycles. The lowest BCUT2D eigenvalue weighted by Gasteiger charge is -2.22. The fraction of sp³-hybridized carbons (Fsp3) is 0.625. The molecule has 0 bridgehead atoms. The molecule has 1 fully saturated rings. The van der Waals surface area contributed by atoms with Crippen LogP contribution in [-0.2, 0) is 20.7 Å². The average Bonchev–Trinajstić information content (AvgIpc) is 2.44. The molecule has 1 aromatic rings. The molecule has 1 aromatic carbocycles. The van der Waals surface area contributed by atoms with Crippen LogP contribution in [0.15, 0.2) is 24.3 Å². The van der Waals surface area contributed by atoms with Gasteiger partial charge in [0.25, 0.3) is 10.1 Å². The van der Waals surface area contributed by atoms with Crippen LogP contribution < -0.4 is 0 Å². The number of hydrogen-bond donors (Lipinski definition) is 0. The van der Waals surface area contributed by atoms with Crippen LogP contribution in [0.5, 0.6) is 0 Å². The van der Waals surface area contributed by atoms with Crippen molar-refractivity contribution in [1.82, 2.24) is 0 Å². The van der Waals surface area contributed by atoms with Gasteiger partial charge < -0.3 is 0 Å². The van der Waals surface area contributed by atoms with E-state index in [1.54, 1.807) is 0 Å². The van der Waals surface area contributed by atoms with Crippen LogP contribution in [0.25, 0.3) is 0 Å². The number of rotatable bonds is 6. The van der Waals surface area contributed by atoms with Gasteiger partial charge in [-0.3, -0.25) is 4.18 Å². The SMILES string of the molecule is CS(=O)(=O)OCCCc1ccc(C2CCCCC2)cc1. The quantitative estimate of drug-likeness (QED) is 0.594. The molecule has 1 aliphatic rings. The Labute approximate surface area is 122 Å². The zero-order valence-electron chi connectivity index (χ0n) is 12.2. The van der Waals surface area contributed by atoms with Gasteiger partial charge >= 0.3 is 0 Å². The van der Waals surface area contributed by atoms with Crippen molar-refractivity contribution in [2.24, 2.45) is 0 Å². The van der Waals surface area contributed by atoms with Crippen molar-refractivity contribution in [2.45, 2.75) is 50.9 Å². The van der Waals surface area contributed by atoms with Gasteiger partial charge in [-0.2, -0.15) is 8.42 Å². The summed E-state index contributed by atoms with van der Waals surface area (Å²) in [6, 6.07) is 8.82. The maximum absolute atomic E-state index is 10.8. The zero-order chi connectivity index (χ0) is 14.4. The van der Waals surface area contributed by atoms with Crippen LogP contribution in [-0.4, -0.2) is 21.3 Å². The molecule has 0 radical (unpaired) electrons. The fourth-order valence-electron chi connectivity index (χ4n) is 2.88. The minimum atomic E-state index is -3.30. The van der Waals surface area contributed by atoms with Gasteiger partial charge in [0.15, 0.2) is 0 Å². The molecule has 1 aliphatic carbocycles. The zero-order valence-corrected chi connectivity index (χ0v) is 13.0. The van der Waals surface area contributed by atoms with Crippen LogP contribution in [0.1, 0.15) is 55.6 Å². The largest absolute Gasteiger partial charge is 0.270 e. The Balaban J connectivity index is 1.79. The van der Waals surface area contributed by atoms with Crippen molar-refractivity contribution in [3.63, 3.8) is 0 Å². The van der Waals surface area contributed by atoms with Crippen LogP contribution >= 0.6 is 0 Å². The number of aryl methyl sites for hydroxylation is 1. The molecule has 0 spiro atoms. The lowest BCUT2D eigenvalue weighted by Crippen LogP contribution is -2.05. The van der Waals surface area contributed by atoms with Gasteiger partial charge in [-0.15, -0.1) is 0 Å². The Morgan fingerprint density at radius 1 is 1.10 bits per heavy atom. The van der Waals surface area contributed by atoms with Gasteiger partial charge in [-0.05, 0) is 42.7 Å². The Kier molecular flexibility index (Phi) is 5.61. The monoisotopic (exact) mass is 296 g/mol. The Morgan fingerprint density at radius 3 is 2.35 bits per heavy atom. The van der Waals surface area contributed by atoms with E-state index in [9.17, 15) is 8.42 Å². The van der Waals surface area contributed by atoms with Gasteiger partial charge in [0.1, 0.15) is 0 Å². The third-order valence-electron chi connectivity index (χ3n) is 3.96. The third-order valence-corrected chi connectivity index (χ3v) is 4.56. The van der Waals surface area contributed by atoms with E-state index in [2.05, 4.69) is 24.3 Å². The molecule has 0 aromatic heterocycles. The normalized spacial score (nSPS) is 17.2. The maximum atomic E-state index is 10.8.